The van der Waals surface area contributed by atoms with E-state index in [0.29, 0.717) is 13.2 Å². The molecule has 0 spiro atoms. The van der Waals surface area contributed by atoms with Gasteiger partial charge in [-0.3, -0.25) is 14.4 Å². The molecule has 6 nitrogen and oxygen atoms in total. The monoisotopic (exact) mass is 238 g/mol. The van der Waals surface area contributed by atoms with Crippen molar-refractivity contribution in [3.05, 3.63) is 18.0 Å². The van der Waals surface area contributed by atoms with Gasteiger partial charge in [0.1, 0.15) is 0 Å². The fourth-order valence-electron chi connectivity index (χ4n) is 2.05. The zero-order chi connectivity index (χ0) is 12.5. The molecule has 2 N–H and O–H groups in total. The topological polar surface area (TPSA) is 73.4 Å². The van der Waals surface area contributed by atoms with Crippen molar-refractivity contribution in [1.29, 1.82) is 0 Å². The molecule has 2 rings (SSSR count). The zero-order valence-electron chi connectivity index (χ0n) is 10.2. The molecular formula is C11H18N4O2. The number of hydrogen-bond donors (Lipinski definition) is 1. The van der Waals surface area contributed by atoms with Crippen LogP contribution in [0.2, 0.25) is 0 Å². The Bertz CT molecular complexity index is 417. The Labute approximate surface area is 100 Å². The van der Waals surface area contributed by atoms with Crippen LogP contribution >= 0.6 is 0 Å². The van der Waals surface area contributed by atoms with E-state index < -0.39 is 11.5 Å². The highest BCUT2D eigenvalue weighted by molar-refractivity contribution is 5.83. The Morgan fingerprint density at radius 1 is 1.71 bits per heavy atom. The van der Waals surface area contributed by atoms with Crippen molar-refractivity contribution in [1.82, 2.24) is 14.7 Å². The van der Waals surface area contributed by atoms with Crippen LogP contribution in [0.1, 0.15) is 12.5 Å². The zero-order valence-corrected chi connectivity index (χ0v) is 10.2. The molecule has 1 fully saturated rings. The molecule has 1 amide bonds. The van der Waals surface area contributed by atoms with Crippen LogP contribution in [0.4, 0.5) is 0 Å². The Morgan fingerprint density at radius 2 is 2.47 bits per heavy atom. The van der Waals surface area contributed by atoms with E-state index in [9.17, 15) is 4.79 Å². The molecule has 1 aliphatic heterocycles. The molecule has 1 atom stereocenters. The van der Waals surface area contributed by atoms with Gasteiger partial charge in [-0.1, -0.05) is 0 Å². The van der Waals surface area contributed by atoms with Crippen molar-refractivity contribution in [3.63, 3.8) is 0 Å². The summed E-state index contributed by atoms with van der Waals surface area (Å²) >= 11 is 0. The van der Waals surface area contributed by atoms with Crippen LogP contribution in [0.25, 0.3) is 0 Å². The molecule has 0 bridgehead atoms. The van der Waals surface area contributed by atoms with Crippen LogP contribution in [0, 0.1) is 0 Å². The first-order valence-electron chi connectivity index (χ1n) is 5.63. The van der Waals surface area contributed by atoms with Crippen LogP contribution in [-0.4, -0.2) is 45.9 Å². The van der Waals surface area contributed by atoms with Crippen LogP contribution < -0.4 is 5.73 Å². The molecule has 1 saturated heterocycles. The smallest absolute Gasteiger partial charge is 0.250 e. The van der Waals surface area contributed by atoms with Crippen molar-refractivity contribution in [2.45, 2.75) is 19.1 Å². The van der Waals surface area contributed by atoms with Crippen molar-refractivity contribution < 1.29 is 9.53 Å². The summed E-state index contributed by atoms with van der Waals surface area (Å²) in [5.41, 5.74) is 5.61. The minimum atomic E-state index is -0.875. The minimum absolute atomic E-state index is 0.409. The second-order valence-corrected chi connectivity index (χ2v) is 4.68. The van der Waals surface area contributed by atoms with Crippen LogP contribution in [0.3, 0.4) is 0 Å². The number of aromatic nitrogens is 2. The minimum Gasteiger partial charge on any atom is -0.367 e. The number of ether oxygens (including phenoxy) is 1. The molecule has 0 radical (unpaired) electrons. The lowest BCUT2D eigenvalue weighted by atomic mass is 10.0. The second kappa shape index (κ2) is 4.46. The van der Waals surface area contributed by atoms with E-state index in [0.717, 1.165) is 18.7 Å². The first-order valence-corrected chi connectivity index (χ1v) is 5.63. The van der Waals surface area contributed by atoms with Crippen LogP contribution in [0.15, 0.2) is 12.4 Å². The van der Waals surface area contributed by atoms with Crippen molar-refractivity contribution in [2.75, 3.05) is 19.7 Å². The highest BCUT2D eigenvalue weighted by Gasteiger charge is 2.37. The van der Waals surface area contributed by atoms with Crippen molar-refractivity contribution >= 4 is 5.91 Å². The molecule has 6 heteroatoms. The third-order valence-corrected chi connectivity index (χ3v) is 3.04. The molecule has 0 aromatic carbocycles. The number of rotatable bonds is 3. The number of carbonyl (C=O) groups is 1. The van der Waals surface area contributed by atoms with Gasteiger partial charge in [0, 0.05) is 38.4 Å². The van der Waals surface area contributed by atoms with E-state index >= 15 is 0 Å². The van der Waals surface area contributed by atoms with Gasteiger partial charge in [-0.15, -0.1) is 0 Å². The summed E-state index contributed by atoms with van der Waals surface area (Å²) in [6.45, 7) is 4.36. The van der Waals surface area contributed by atoms with Gasteiger partial charge in [-0.05, 0) is 6.92 Å². The normalized spacial score (nSPS) is 26.0. The van der Waals surface area contributed by atoms with Crippen LogP contribution in [-0.2, 0) is 23.1 Å². The summed E-state index contributed by atoms with van der Waals surface area (Å²) in [4.78, 5) is 13.5. The molecular weight excluding hydrogens is 220 g/mol. The molecule has 94 valence electrons. The summed E-state index contributed by atoms with van der Waals surface area (Å²) in [7, 11) is 1.89. The highest BCUT2D eigenvalue weighted by atomic mass is 16.5. The Balaban J connectivity index is 2.00. The summed E-state index contributed by atoms with van der Waals surface area (Å²) in [5, 5.41) is 4.12. The van der Waals surface area contributed by atoms with Gasteiger partial charge in [0.25, 0.3) is 5.91 Å². The largest absolute Gasteiger partial charge is 0.367 e. The van der Waals surface area contributed by atoms with Crippen molar-refractivity contribution in [2.24, 2.45) is 12.8 Å². The SMILES string of the molecule is Cn1cc(CN2CCO[C@@](C)(C(N)=O)C2)cn1. The van der Waals surface area contributed by atoms with E-state index in [1.165, 1.54) is 0 Å². The fourth-order valence-corrected chi connectivity index (χ4v) is 2.05. The third-order valence-electron chi connectivity index (χ3n) is 3.04. The van der Waals surface area contributed by atoms with E-state index in [2.05, 4.69) is 10.00 Å². The number of primary amides is 1. The van der Waals surface area contributed by atoms with E-state index in [-0.39, 0.29) is 0 Å². The van der Waals surface area contributed by atoms with Gasteiger partial charge in [-0.2, -0.15) is 5.10 Å². The molecule has 1 aliphatic rings. The lowest BCUT2D eigenvalue weighted by Gasteiger charge is -2.38. The summed E-state index contributed by atoms with van der Waals surface area (Å²) in [6.07, 6.45) is 3.80. The lowest BCUT2D eigenvalue weighted by molar-refractivity contribution is -0.153. The number of hydrogen-bond acceptors (Lipinski definition) is 4. The Kier molecular flexibility index (Phi) is 3.17. The van der Waals surface area contributed by atoms with Gasteiger partial charge in [0.15, 0.2) is 5.60 Å². The average molecular weight is 238 g/mol. The Morgan fingerprint density at radius 3 is 3.06 bits per heavy atom. The van der Waals surface area contributed by atoms with Gasteiger partial charge < -0.3 is 10.5 Å². The standard InChI is InChI=1S/C11H18N4O2/c1-11(10(12)16)8-15(3-4-17-11)7-9-5-13-14(2)6-9/h5-6H,3-4,7-8H2,1-2H3,(H2,12,16)/t11-/m1/s1. The molecule has 1 aromatic rings. The Hall–Kier alpha value is -1.40. The van der Waals surface area contributed by atoms with E-state index in [4.69, 9.17) is 10.5 Å². The second-order valence-electron chi connectivity index (χ2n) is 4.68. The first kappa shape index (κ1) is 12.1. The molecule has 17 heavy (non-hydrogen) atoms. The van der Waals surface area contributed by atoms with E-state index in [1.807, 2.05) is 19.4 Å². The maximum Gasteiger partial charge on any atom is 0.250 e. The summed E-state index contributed by atoms with van der Waals surface area (Å²) in [5.74, 6) is -0.409. The molecule has 1 aromatic heterocycles. The summed E-state index contributed by atoms with van der Waals surface area (Å²) in [6, 6.07) is 0. The van der Waals surface area contributed by atoms with Gasteiger partial charge in [0.05, 0.1) is 12.8 Å². The number of carbonyl (C=O) groups excluding carboxylic acids is 1. The number of nitrogens with two attached hydrogens (primary N) is 1. The molecule has 2 heterocycles. The van der Waals surface area contributed by atoms with Crippen molar-refractivity contribution in [3.8, 4) is 0 Å². The van der Waals surface area contributed by atoms with Crippen LogP contribution in [0.5, 0.6) is 0 Å². The lowest BCUT2D eigenvalue weighted by Crippen LogP contribution is -2.56. The summed E-state index contributed by atoms with van der Waals surface area (Å²) < 4.78 is 7.23. The fraction of sp³-hybridized carbons (Fsp3) is 0.636. The average Bonchev–Trinajstić information content (AvgIpc) is 2.64. The number of aryl methyl sites for hydroxylation is 1. The van der Waals surface area contributed by atoms with Gasteiger partial charge >= 0.3 is 0 Å². The van der Waals surface area contributed by atoms with Gasteiger partial charge in [0.2, 0.25) is 0 Å². The molecule has 0 unspecified atom stereocenters. The maximum absolute atomic E-state index is 11.3. The molecule has 0 saturated carbocycles. The first-order chi connectivity index (χ1) is 7.99. The maximum atomic E-state index is 11.3. The highest BCUT2D eigenvalue weighted by Crippen LogP contribution is 2.18. The quantitative estimate of drug-likeness (QED) is 0.770. The number of morpholine rings is 1. The molecule has 0 aliphatic carbocycles. The predicted molar refractivity (Wildman–Crippen MR) is 62.0 cm³/mol. The number of amides is 1. The third kappa shape index (κ3) is 2.65. The number of nitrogens with zero attached hydrogens (tertiary/aromatic N) is 3. The van der Waals surface area contributed by atoms with Gasteiger partial charge in [-0.25, -0.2) is 0 Å². The predicted octanol–water partition coefficient (Wildman–Crippen LogP) is -0.504. The van der Waals surface area contributed by atoms with E-state index in [1.54, 1.807) is 11.6 Å².